The van der Waals surface area contributed by atoms with E-state index in [-0.39, 0.29) is 11.4 Å². The zero-order chi connectivity index (χ0) is 15.0. The summed E-state index contributed by atoms with van der Waals surface area (Å²) in [5, 5.41) is 4.39. The molecule has 0 saturated carbocycles. The molecular weight excluding hydrogens is 272 g/mol. The third-order valence-corrected chi connectivity index (χ3v) is 9.08. The molecule has 0 unspecified atom stereocenters. The van der Waals surface area contributed by atoms with Crippen molar-refractivity contribution in [2.45, 2.75) is 64.8 Å². The molecule has 0 N–H and O–H groups in total. The molecule has 0 aromatic rings. The number of allylic oxidation sites excluding steroid dienone is 4. The molecule has 0 aliphatic heterocycles. The molecule has 0 amide bonds. The van der Waals surface area contributed by atoms with E-state index in [9.17, 15) is 4.79 Å². The molecule has 0 radical (unpaired) electrons. The van der Waals surface area contributed by atoms with Crippen molar-refractivity contribution in [3.63, 3.8) is 0 Å². The van der Waals surface area contributed by atoms with Crippen molar-refractivity contribution in [3.05, 3.63) is 20.6 Å². The first kappa shape index (κ1) is 16.7. The number of hydrogen-bond acceptors (Lipinski definition) is 2. The monoisotopic (exact) mass is 300 g/mol. The minimum atomic E-state index is -2.73. The van der Waals surface area contributed by atoms with E-state index in [1.807, 2.05) is 6.92 Å². The van der Waals surface area contributed by atoms with Gasteiger partial charge in [0.25, 0.3) is 0 Å². The van der Waals surface area contributed by atoms with Crippen LogP contribution in [0.25, 0.3) is 0 Å². The number of rotatable bonds is 4. The van der Waals surface area contributed by atoms with Crippen LogP contribution < -0.4 is 0 Å². The second-order valence-corrected chi connectivity index (χ2v) is 12.4. The van der Waals surface area contributed by atoms with Crippen LogP contribution in [0.15, 0.2) is 20.6 Å². The van der Waals surface area contributed by atoms with Gasteiger partial charge in [0.1, 0.15) is 0 Å². The standard InChI is InChI=1S/C10H15.C4H8O2.2CH3.Ti/c1-7-6-10(4,5)9(3)8(7)2;1-2-3-4(5)6;;;/h1-5H3;2-3H2,1H3,(H,5,6);2*1H3;/q;;;;+1/p-1. The molecule has 0 fully saturated rings. The van der Waals surface area contributed by atoms with E-state index >= 15 is 0 Å². The second-order valence-electron chi connectivity index (χ2n) is 6.61. The van der Waals surface area contributed by atoms with Crippen molar-refractivity contribution in [1.29, 1.82) is 0 Å². The molecule has 3 heteroatoms. The van der Waals surface area contributed by atoms with Crippen LogP contribution in [0.2, 0.25) is 10.5 Å². The third kappa shape index (κ3) is 3.06. The summed E-state index contributed by atoms with van der Waals surface area (Å²) in [6, 6.07) is 0. The fraction of sp³-hybridized carbons (Fsp3) is 0.688. The van der Waals surface area contributed by atoms with Crippen molar-refractivity contribution in [3.8, 4) is 0 Å². The molecule has 0 atom stereocenters. The Morgan fingerprint density at radius 1 is 1.16 bits per heavy atom. The van der Waals surface area contributed by atoms with Crippen LogP contribution in [0.5, 0.6) is 0 Å². The topological polar surface area (TPSA) is 26.3 Å². The van der Waals surface area contributed by atoms with Gasteiger partial charge in [0.05, 0.1) is 0 Å². The molecule has 1 aliphatic carbocycles. The van der Waals surface area contributed by atoms with Gasteiger partial charge >= 0.3 is 122 Å². The van der Waals surface area contributed by atoms with Crippen LogP contribution in [0.4, 0.5) is 0 Å². The van der Waals surface area contributed by atoms with Crippen LogP contribution >= 0.6 is 0 Å². The minimum absolute atomic E-state index is 0.0224. The van der Waals surface area contributed by atoms with Gasteiger partial charge in [-0.2, -0.15) is 0 Å². The van der Waals surface area contributed by atoms with E-state index in [4.69, 9.17) is 3.32 Å². The maximum absolute atomic E-state index is 11.9. The van der Waals surface area contributed by atoms with Crippen LogP contribution in [-0.2, 0) is 25.1 Å². The summed E-state index contributed by atoms with van der Waals surface area (Å²) in [6.45, 7) is 13.1. The molecule has 0 bridgehead atoms. The molecule has 0 aromatic heterocycles. The summed E-state index contributed by atoms with van der Waals surface area (Å²) < 4.78 is 7.35. The van der Waals surface area contributed by atoms with Gasteiger partial charge in [-0.3, -0.25) is 0 Å². The first-order valence-corrected chi connectivity index (χ1v) is 11.7. The molecule has 2 nitrogen and oxygen atoms in total. The average Bonchev–Trinajstić information content (AvgIpc) is 2.39. The Bertz CT molecular complexity index is 453. The average molecular weight is 300 g/mol. The fourth-order valence-electron chi connectivity index (χ4n) is 3.39. The fourth-order valence-corrected chi connectivity index (χ4v) is 8.94. The Labute approximate surface area is 122 Å². The van der Waals surface area contributed by atoms with Crippen molar-refractivity contribution in [1.82, 2.24) is 0 Å². The molecule has 0 heterocycles. The summed E-state index contributed by atoms with van der Waals surface area (Å²) >= 11 is -2.73. The van der Waals surface area contributed by atoms with Gasteiger partial charge in [0.2, 0.25) is 0 Å². The Morgan fingerprint density at radius 2 is 1.68 bits per heavy atom. The number of hydrogen-bond donors (Lipinski definition) is 0. The third-order valence-electron chi connectivity index (χ3n) is 4.49. The Balaban J connectivity index is 3.13. The SMILES string of the molecule is CCCC(=O)[O][Ti]([CH3])([CH3])[C]1=C(C)C(C)=C(C)C1(C)C. The van der Waals surface area contributed by atoms with Gasteiger partial charge in [-0.15, -0.1) is 0 Å². The first-order chi connectivity index (χ1) is 8.55. The summed E-state index contributed by atoms with van der Waals surface area (Å²) in [5.74, 6) is -0.0224. The van der Waals surface area contributed by atoms with E-state index in [0.717, 1.165) is 6.42 Å². The van der Waals surface area contributed by atoms with Gasteiger partial charge in [0.15, 0.2) is 0 Å². The van der Waals surface area contributed by atoms with Gasteiger partial charge < -0.3 is 0 Å². The van der Waals surface area contributed by atoms with Gasteiger partial charge in [-0.25, -0.2) is 0 Å². The quantitative estimate of drug-likeness (QED) is 0.671. The molecule has 0 saturated heterocycles. The summed E-state index contributed by atoms with van der Waals surface area (Å²) in [5.41, 5.74) is 4.21. The second kappa shape index (κ2) is 5.57. The molecular formula is C16H28O2Ti. The van der Waals surface area contributed by atoms with E-state index in [0.29, 0.717) is 6.42 Å². The number of carbonyl (C=O) groups is 1. The van der Waals surface area contributed by atoms with Crippen LogP contribution in [0.3, 0.4) is 0 Å². The summed E-state index contributed by atoms with van der Waals surface area (Å²) in [6.07, 6.45) is 1.39. The molecule has 0 spiro atoms. The predicted octanol–water partition coefficient (Wildman–Crippen LogP) is 5.15. The molecule has 1 rings (SSSR count). The van der Waals surface area contributed by atoms with E-state index < -0.39 is 17.0 Å². The Kier molecular flexibility index (Phi) is 4.90. The Hall–Kier alpha value is -0.336. The van der Waals surface area contributed by atoms with Crippen LogP contribution in [0, 0.1) is 5.41 Å². The predicted molar refractivity (Wildman–Crippen MR) is 77.6 cm³/mol. The van der Waals surface area contributed by atoms with Crippen molar-refractivity contribution in [2.75, 3.05) is 0 Å². The van der Waals surface area contributed by atoms with Gasteiger partial charge in [0, 0.05) is 0 Å². The zero-order valence-electron chi connectivity index (χ0n) is 13.7. The Morgan fingerprint density at radius 3 is 2.05 bits per heavy atom. The van der Waals surface area contributed by atoms with Gasteiger partial charge in [-0.05, 0) is 0 Å². The van der Waals surface area contributed by atoms with Crippen molar-refractivity contribution in [2.24, 2.45) is 5.41 Å². The molecule has 19 heavy (non-hydrogen) atoms. The van der Waals surface area contributed by atoms with E-state index in [1.54, 1.807) is 0 Å². The van der Waals surface area contributed by atoms with Crippen molar-refractivity contribution < 1.29 is 25.1 Å². The molecule has 1 aliphatic rings. The summed E-state index contributed by atoms with van der Waals surface area (Å²) in [7, 11) is 0. The first-order valence-electron chi connectivity index (χ1n) is 7.17. The number of carbonyl (C=O) groups excluding carboxylic acids is 1. The van der Waals surface area contributed by atoms with Gasteiger partial charge in [-0.1, -0.05) is 0 Å². The van der Waals surface area contributed by atoms with Crippen molar-refractivity contribution >= 4 is 5.97 Å². The zero-order valence-corrected chi connectivity index (χ0v) is 15.3. The van der Waals surface area contributed by atoms with Crippen LogP contribution in [0.1, 0.15) is 54.4 Å². The normalized spacial score (nSPS) is 19.2. The molecule has 0 aromatic carbocycles. The van der Waals surface area contributed by atoms with Crippen LogP contribution in [-0.4, -0.2) is 5.97 Å². The molecule has 108 valence electrons. The summed E-state index contributed by atoms with van der Waals surface area (Å²) in [4.78, 5) is 11.9. The van der Waals surface area contributed by atoms with E-state index in [2.05, 4.69) is 45.1 Å². The maximum atomic E-state index is 11.9. The van der Waals surface area contributed by atoms with E-state index in [1.165, 1.54) is 20.6 Å².